The van der Waals surface area contributed by atoms with Gasteiger partial charge in [0.25, 0.3) is 0 Å². The maximum absolute atomic E-state index is 10.2. The molecule has 0 atom stereocenters. The number of anilines is 2. The number of aromatic nitrogens is 1. The average molecular weight is 205 g/mol. The van der Waals surface area contributed by atoms with Crippen LogP contribution in [0.2, 0.25) is 0 Å². The zero-order chi connectivity index (χ0) is 10.5. The van der Waals surface area contributed by atoms with Gasteiger partial charge in [0.05, 0.1) is 11.9 Å². The minimum Gasteiger partial charge on any atom is -0.357 e. The molecule has 1 N–H and O–H groups in total. The van der Waals surface area contributed by atoms with E-state index in [1.54, 1.807) is 6.20 Å². The number of amides is 1. The molecular formula is C11H15N3O. The highest BCUT2D eigenvalue weighted by Crippen LogP contribution is 2.18. The average Bonchev–Trinajstić information content (AvgIpc) is 2.32. The highest BCUT2D eigenvalue weighted by Gasteiger charge is 2.11. The second-order valence-corrected chi connectivity index (χ2v) is 3.71. The Labute approximate surface area is 89.3 Å². The van der Waals surface area contributed by atoms with E-state index < -0.39 is 0 Å². The Morgan fingerprint density at radius 3 is 2.67 bits per heavy atom. The normalized spacial score (nSPS) is 16.1. The van der Waals surface area contributed by atoms with Crippen LogP contribution in [0.4, 0.5) is 11.5 Å². The van der Waals surface area contributed by atoms with Crippen LogP contribution < -0.4 is 10.2 Å². The van der Waals surface area contributed by atoms with Gasteiger partial charge in [-0.1, -0.05) is 0 Å². The molecule has 4 heteroatoms. The summed E-state index contributed by atoms with van der Waals surface area (Å²) in [6, 6.07) is 3.84. The lowest BCUT2D eigenvalue weighted by molar-refractivity contribution is -0.105. The summed E-state index contributed by atoms with van der Waals surface area (Å²) in [6.45, 7) is 2.18. The van der Waals surface area contributed by atoms with Crippen molar-refractivity contribution in [2.75, 3.05) is 23.3 Å². The van der Waals surface area contributed by atoms with E-state index in [9.17, 15) is 4.79 Å². The Bertz CT molecular complexity index is 317. The maximum atomic E-state index is 10.2. The molecule has 1 fully saturated rings. The van der Waals surface area contributed by atoms with E-state index in [1.165, 1.54) is 19.3 Å². The first kappa shape index (κ1) is 9.96. The lowest BCUT2D eigenvalue weighted by atomic mass is 10.1. The predicted molar refractivity (Wildman–Crippen MR) is 60.0 cm³/mol. The number of rotatable bonds is 3. The number of hydrogen-bond donors (Lipinski definition) is 1. The first-order chi connectivity index (χ1) is 7.40. The summed E-state index contributed by atoms with van der Waals surface area (Å²) < 4.78 is 0. The Morgan fingerprint density at radius 1 is 1.27 bits per heavy atom. The molecule has 1 aromatic rings. The molecule has 2 rings (SSSR count). The van der Waals surface area contributed by atoms with E-state index in [2.05, 4.69) is 15.2 Å². The zero-order valence-electron chi connectivity index (χ0n) is 8.65. The highest BCUT2D eigenvalue weighted by atomic mass is 16.1. The van der Waals surface area contributed by atoms with Crippen LogP contribution in [0.5, 0.6) is 0 Å². The van der Waals surface area contributed by atoms with Gasteiger partial charge in [0, 0.05) is 13.1 Å². The van der Waals surface area contributed by atoms with Crippen molar-refractivity contribution >= 4 is 17.9 Å². The lowest BCUT2D eigenvalue weighted by Gasteiger charge is -2.27. The van der Waals surface area contributed by atoms with Crippen LogP contribution in [-0.4, -0.2) is 24.5 Å². The van der Waals surface area contributed by atoms with Crippen molar-refractivity contribution in [1.29, 1.82) is 0 Å². The fourth-order valence-corrected chi connectivity index (χ4v) is 1.85. The summed E-state index contributed by atoms with van der Waals surface area (Å²) >= 11 is 0. The quantitative estimate of drug-likeness (QED) is 0.763. The Hall–Kier alpha value is -1.58. The summed E-state index contributed by atoms with van der Waals surface area (Å²) in [7, 11) is 0. The minimum atomic E-state index is 0.664. The summed E-state index contributed by atoms with van der Waals surface area (Å²) in [6.07, 6.45) is 6.17. The maximum Gasteiger partial charge on any atom is 0.211 e. The van der Waals surface area contributed by atoms with E-state index in [0.29, 0.717) is 6.41 Å². The monoisotopic (exact) mass is 205 g/mol. The molecule has 1 amide bonds. The standard InChI is InChI=1S/C11H15N3O/c15-9-13-10-4-5-11(12-8-10)14-6-2-1-3-7-14/h4-5,8-9H,1-3,6-7H2,(H,13,15). The predicted octanol–water partition coefficient (Wildman–Crippen LogP) is 1.64. The number of carbonyl (C=O) groups is 1. The van der Waals surface area contributed by atoms with Gasteiger partial charge in [-0.25, -0.2) is 4.98 Å². The number of hydrogen-bond acceptors (Lipinski definition) is 3. The Kier molecular flexibility index (Phi) is 3.17. The van der Waals surface area contributed by atoms with Crippen LogP contribution >= 0.6 is 0 Å². The van der Waals surface area contributed by atoms with Crippen LogP contribution in [0, 0.1) is 0 Å². The van der Waals surface area contributed by atoms with Crippen LogP contribution in [0.1, 0.15) is 19.3 Å². The van der Waals surface area contributed by atoms with Crippen LogP contribution in [-0.2, 0) is 4.79 Å². The Balaban J connectivity index is 2.04. The molecule has 1 saturated heterocycles. The van der Waals surface area contributed by atoms with Crippen LogP contribution in [0.3, 0.4) is 0 Å². The molecule has 1 aromatic heterocycles. The number of piperidine rings is 1. The van der Waals surface area contributed by atoms with Crippen molar-refractivity contribution < 1.29 is 4.79 Å². The summed E-state index contributed by atoms with van der Waals surface area (Å²) in [4.78, 5) is 16.8. The number of carbonyl (C=O) groups excluding carboxylic acids is 1. The molecular weight excluding hydrogens is 190 g/mol. The van der Waals surface area contributed by atoms with Crippen LogP contribution in [0.25, 0.3) is 0 Å². The van der Waals surface area contributed by atoms with E-state index in [1.807, 2.05) is 12.1 Å². The molecule has 0 unspecified atom stereocenters. The molecule has 4 nitrogen and oxygen atoms in total. The van der Waals surface area contributed by atoms with Crippen molar-refractivity contribution in [3.63, 3.8) is 0 Å². The third kappa shape index (κ3) is 2.46. The van der Waals surface area contributed by atoms with Crippen molar-refractivity contribution in [2.24, 2.45) is 0 Å². The van der Waals surface area contributed by atoms with Crippen LogP contribution in [0.15, 0.2) is 18.3 Å². The van der Waals surface area contributed by atoms with E-state index >= 15 is 0 Å². The molecule has 0 aliphatic carbocycles. The second-order valence-electron chi connectivity index (χ2n) is 3.71. The third-order valence-electron chi connectivity index (χ3n) is 2.65. The van der Waals surface area contributed by atoms with Gasteiger partial charge in [-0.3, -0.25) is 4.79 Å². The van der Waals surface area contributed by atoms with Gasteiger partial charge >= 0.3 is 0 Å². The molecule has 1 aliphatic heterocycles. The fourth-order valence-electron chi connectivity index (χ4n) is 1.85. The largest absolute Gasteiger partial charge is 0.357 e. The lowest BCUT2D eigenvalue weighted by Crippen LogP contribution is -2.30. The summed E-state index contributed by atoms with van der Waals surface area (Å²) in [5, 5.41) is 2.58. The number of nitrogens with one attached hydrogen (secondary N) is 1. The number of nitrogens with zero attached hydrogens (tertiary/aromatic N) is 2. The molecule has 15 heavy (non-hydrogen) atoms. The highest BCUT2D eigenvalue weighted by molar-refractivity contribution is 5.71. The van der Waals surface area contributed by atoms with Gasteiger partial charge in [0.1, 0.15) is 5.82 Å². The first-order valence-electron chi connectivity index (χ1n) is 5.31. The summed E-state index contributed by atoms with van der Waals surface area (Å²) in [5.41, 5.74) is 0.741. The third-order valence-corrected chi connectivity index (χ3v) is 2.65. The van der Waals surface area contributed by atoms with Gasteiger partial charge in [-0.15, -0.1) is 0 Å². The fraction of sp³-hybridized carbons (Fsp3) is 0.455. The SMILES string of the molecule is O=CNc1ccc(N2CCCCC2)nc1. The van der Waals surface area contributed by atoms with Crippen molar-refractivity contribution in [1.82, 2.24) is 4.98 Å². The number of pyridine rings is 1. The summed E-state index contributed by atoms with van der Waals surface area (Å²) in [5.74, 6) is 1.01. The first-order valence-corrected chi connectivity index (χ1v) is 5.31. The molecule has 0 bridgehead atoms. The topological polar surface area (TPSA) is 45.2 Å². The van der Waals surface area contributed by atoms with Gasteiger partial charge in [-0.2, -0.15) is 0 Å². The van der Waals surface area contributed by atoms with Gasteiger partial charge < -0.3 is 10.2 Å². The molecule has 1 aliphatic rings. The minimum absolute atomic E-state index is 0.664. The molecule has 0 radical (unpaired) electrons. The van der Waals surface area contributed by atoms with E-state index in [4.69, 9.17) is 0 Å². The smallest absolute Gasteiger partial charge is 0.211 e. The molecule has 0 saturated carbocycles. The molecule has 0 aromatic carbocycles. The van der Waals surface area contributed by atoms with Gasteiger partial charge in [0.15, 0.2) is 0 Å². The molecule has 0 spiro atoms. The Morgan fingerprint density at radius 2 is 2.07 bits per heavy atom. The van der Waals surface area contributed by atoms with Crippen molar-refractivity contribution in [2.45, 2.75) is 19.3 Å². The van der Waals surface area contributed by atoms with Crippen molar-refractivity contribution in [3.05, 3.63) is 18.3 Å². The zero-order valence-corrected chi connectivity index (χ0v) is 8.65. The second kappa shape index (κ2) is 4.77. The van der Waals surface area contributed by atoms with E-state index in [-0.39, 0.29) is 0 Å². The molecule has 80 valence electrons. The van der Waals surface area contributed by atoms with Crippen molar-refractivity contribution in [3.8, 4) is 0 Å². The van der Waals surface area contributed by atoms with Gasteiger partial charge in [0.2, 0.25) is 6.41 Å². The molecule has 2 heterocycles. The van der Waals surface area contributed by atoms with Gasteiger partial charge in [-0.05, 0) is 31.4 Å². The van der Waals surface area contributed by atoms with E-state index in [0.717, 1.165) is 24.6 Å².